The lowest BCUT2D eigenvalue weighted by atomic mass is 10.0. The molecule has 0 saturated heterocycles. The molecule has 6 nitrogen and oxygen atoms in total. The first-order valence-corrected chi connectivity index (χ1v) is 5.96. The Hall–Kier alpha value is -2.97. The summed E-state index contributed by atoms with van der Waals surface area (Å²) < 4.78 is 39.3. The topological polar surface area (TPSA) is 114 Å². The fourth-order valence-corrected chi connectivity index (χ4v) is 2.05. The van der Waals surface area contributed by atoms with Gasteiger partial charge in [-0.3, -0.25) is 4.79 Å². The van der Waals surface area contributed by atoms with Gasteiger partial charge in [-0.1, -0.05) is 12.1 Å². The van der Waals surface area contributed by atoms with Crippen LogP contribution in [0.2, 0.25) is 0 Å². The van der Waals surface area contributed by atoms with Crippen LogP contribution in [0.15, 0.2) is 30.5 Å². The van der Waals surface area contributed by atoms with E-state index in [-0.39, 0.29) is 16.8 Å². The fourth-order valence-electron chi connectivity index (χ4n) is 2.05. The summed E-state index contributed by atoms with van der Waals surface area (Å²) >= 11 is 0. The summed E-state index contributed by atoms with van der Waals surface area (Å²) in [5.74, 6) is -0.821. The number of halogens is 3. The van der Waals surface area contributed by atoms with Gasteiger partial charge in [-0.25, -0.2) is 4.79 Å². The number of aromatic nitrogens is 1. The Morgan fingerprint density at radius 3 is 2.36 bits per heavy atom. The van der Waals surface area contributed by atoms with Crippen molar-refractivity contribution in [1.29, 1.82) is 0 Å². The third-order valence-electron chi connectivity index (χ3n) is 2.90. The summed E-state index contributed by atoms with van der Waals surface area (Å²) in [7, 11) is 0. The number of nitrogens with one attached hydrogen (secondary N) is 2. The molecule has 0 aliphatic rings. The molecule has 1 heterocycles. The van der Waals surface area contributed by atoms with Gasteiger partial charge >= 0.3 is 12.2 Å². The average molecular weight is 312 g/mol. The molecule has 6 N–H and O–H groups in total. The zero-order valence-corrected chi connectivity index (χ0v) is 11.0. The number of para-hydroxylation sites is 1. The maximum Gasteiger partial charge on any atom is 0.418 e. The number of hydrogen-bond acceptors (Lipinski definition) is 2. The highest BCUT2D eigenvalue weighted by molar-refractivity contribution is 6.02. The zero-order valence-electron chi connectivity index (χ0n) is 11.0. The van der Waals surface area contributed by atoms with E-state index >= 15 is 0 Å². The number of nitrogens with two attached hydrogens (primary N) is 2. The lowest BCUT2D eigenvalue weighted by Gasteiger charge is -2.17. The summed E-state index contributed by atoms with van der Waals surface area (Å²) in [5, 5.41) is 1.95. The molecule has 0 unspecified atom stereocenters. The summed E-state index contributed by atoms with van der Waals surface area (Å²) in [6.45, 7) is 0. The third-order valence-corrected chi connectivity index (χ3v) is 2.90. The van der Waals surface area contributed by atoms with E-state index in [1.807, 2.05) is 5.32 Å². The maximum absolute atomic E-state index is 13.1. The number of aromatic amines is 1. The number of anilines is 1. The van der Waals surface area contributed by atoms with Crippen LogP contribution < -0.4 is 16.8 Å². The summed E-state index contributed by atoms with van der Waals surface area (Å²) in [4.78, 5) is 25.0. The molecular weight excluding hydrogens is 301 g/mol. The Balaban J connectivity index is 2.73. The van der Waals surface area contributed by atoms with Gasteiger partial charge in [0.2, 0.25) is 0 Å². The lowest BCUT2D eigenvalue weighted by molar-refractivity contribution is -0.136. The number of carbonyl (C=O) groups is 2. The summed E-state index contributed by atoms with van der Waals surface area (Å²) in [6.07, 6.45) is -3.36. The molecule has 116 valence electrons. The molecule has 2 aromatic rings. The van der Waals surface area contributed by atoms with E-state index in [9.17, 15) is 22.8 Å². The van der Waals surface area contributed by atoms with E-state index in [0.717, 1.165) is 12.1 Å². The molecule has 0 radical (unpaired) electrons. The summed E-state index contributed by atoms with van der Waals surface area (Å²) in [5.41, 5.74) is 8.48. The molecule has 3 amide bonds. The molecule has 0 aliphatic carbocycles. The molecule has 1 aromatic carbocycles. The van der Waals surface area contributed by atoms with Crippen LogP contribution in [0.3, 0.4) is 0 Å². The standard InChI is InChI=1S/C13H11F3N4O2/c14-13(15,16)8-3-1-2-6(10(8)20-12(18)22)9-7(11(17)21)4-5-19-9/h1-5,19H,(H2,17,21)(H3,18,20,22). The number of primary amides is 2. The average Bonchev–Trinajstić information content (AvgIpc) is 2.86. The van der Waals surface area contributed by atoms with Crippen molar-refractivity contribution in [3.63, 3.8) is 0 Å². The van der Waals surface area contributed by atoms with Crippen molar-refractivity contribution >= 4 is 17.6 Å². The van der Waals surface area contributed by atoms with E-state index in [2.05, 4.69) is 4.98 Å². The SMILES string of the molecule is NC(=O)Nc1c(-c2[nH]ccc2C(N)=O)cccc1C(F)(F)F. The van der Waals surface area contributed by atoms with Gasteiger partial charge < -0.3 is 21.8 Å². The monoisotopic (exact) mass is 312 g/mol. The molecule has 0 spiro atoms. The van der Waals surface area contributed by atoms with Crippen LogP contribution in [0, 0.1) is 0 Å². The molecule has 9 heteroatoms. The smallest absolute Gasteiger partial charge is 0.366 e. The highest BCUT2D eigenvalue weighted by Crippen LogP contribution is 2.40. The Kier molecular flexibility index (Phi) is 3.81. The van der Waals surface area contributed by atoms with Gasteiger partial charge in [-0.15, -0.1) is 0 Å². The Labute approximate surface area is 122 Å². The van der Waals surface area contributed by atoms with Crippen molar-refractivity contribution in [1.82, 2.24) is 4.98 Å². The van der Waals surface area contributed by atoms with Crippen LogP contribution in [0.1, 0.15) is 15.9 Å². The molecule has 22 heavy (non-hydrogen) atoms. The van der Waals surface area contributed by atoms with Crippen LogP contribution in [0.5, 0.6) is 0 Å². The van der Waals surface area contributed by atoms with E-state index in [4.69, 9.17) is 11.5 Å². The number of carbonyl (C=O) groups excluding carboxylic acids is 2. The van der Waals surface area contributed by atoms with E-state index < -0.39 is 29.4 Å². The summed E-state index contributed by atoms with van der Waals surface area (Å²) in [6, 6.07) is 3.41. The number of hydrogen-bond donors (Lipinski definition) is 4. The van der Waals surface area contributed by atoms with Gasteiger partial charge in [0, 0.05) is 11.8 Å². The van der Waals surface area contributed by atoms with Crippen molar-refractivity contribution in [3.05, 3.63) is 41.6 Å². The fraction of sp³-hybridized carbons (Fsp3) is 0.0769. The van der Waals surface area contributed by atoms with Crippen molar-refractivity contribution in [2.75, 3.05) is 5.32 Å². The normalized spacial score (nSPS) is 11.2. The van der Waals surface area contributed by atoms with Gasteiger partial charge in [0.1, 0.15) is 0 Å². The largest absolute Gasteiger partial charge is 0.418 e. The van der Waals surface area contributed by atoms with Crippen LogP contribution in [-0.4, -0.2) is 16.9 Å². The van der Waals surface area contributed by atoms with Crippen LogP contribution in [0.4, 0.5) is 23.7 Å². The second-order valence-electron chi connectivity index (χ2n) is 4.35. The molecule has 0 fully saturated rings. The Bertz CT molecular complexity index is 737. The predicted molar refractivity (Wildman–Crippen MR) is 73.0 cm³/mol. The Morgan fingerprint density at radius 2 is 1.82 bits per heavy atom. The molecule has 0 saturated carbocycles. The molecule has 0 aliphatic heterocycles. The quantitative estimate of drug-likeness (QED) is 0.696. The van der Waals surface area contributed by atoms with Gasteiger partial charge in [-0.05, 0) is 12.1 Å². The van der Waals surface area contributed by atoms with E-state index in [1.165, 1.54) is 18.3 Å². The van der Waals surface area contributed by atoms with E-state index in [1.54, 1.807) is 0 Å². The molecule has 0 atom stereocenters. The number of H-pyrrole nitrogens is 1. The predicted octanol–water partition coefficient (Wildman–Crippen LogP) is 2.29. The number of benzene rings is 1. The van der Waals surface area contributed by atoms with Crippen LogP contribution >= 0.6 is 0 Å². The van der Waals surface area contributed by atoms with Crippen molar-refractivity contribution < 1.29 is 22.8 Å². The van der Waals surface area contributed by atoms with E-state index in [0.29, 0.717) is 0 Å². The second kappa shape index (κ2) is 5.43. The number of alkyl halides is 3. The van der Waals surface area contributed by atoms with Crippen molar-refractivity contribution in [3.8, 4) is 11.3 Å². The molecule has 0 bridgehead atoms. The number of amides is 3. The number of rotatable bonds is 3. The minimum Gasteiger partial charge on any atom is -0.366 e. The molecule has 2 rings (SSSR count). The van der Waals surface area contributed by atoms with Gasteiger partial charge in [-0.2, -0.15) is 13.2 Å². The van der Waals surface area contributed by atoms with Crippen LogP contribution in [-0.2, 0) is 6.18 Å². The first kappa shape index (κ1) is 15.4. The van der Waals surface area contributed by atoms with Gasteiger partial charge in [0.15, 0.2) is 0 Å². The Morgan fingerprint density at radius 1 is 1.14 bits per heavy atom. The van der Waals surface area contributed by atoms with Gasteiger partial charge in [0.25, 0.3) is 5.91 Å². The van der Waals surface area contributed by atoms with Crippen LogP contribution in [0.25, 0.3) is 11.3 Å². The first-order valence-electron chi connectivity index (χ1n) is 5.96. The van der Waals surface area contributed by atoms with Gasteiger partial charge in [0.05, 0.1) is 22.5 Å². The highest BCUT2D eigenvalue weighted by Gasteiger charge is 2.35. The highest BCUT2D eigenvalue weighted by atomic mass is 19.4. The minimum atomic E-state index is -4.72. The zero-order chi connectivity index (χ0) is 16.5. The van der Waals surface area contributed by atoms with Crippen molar-refractivity contribution in [2.45, 2.75) is 6.18 Å². The maximum atomic E-state index is 13.1. The molecular formula is C13H11F3N4O2. The van der Waals surface area contributed by atoms with Crippen molar-refractivity contribution in [2.24, 2.45) is 11.5 Å². The molecule has 1 aromatic heterocycles. The second-order valence-corrected chi connectivity index (χ2v) is 4.35. The number of urea groups is 1. The third kappa shape index (κ3) is 2.87. The first-order chi connectivity index (χ1) is 10.2. The minimum absolute atomic E-state index is 0.00755. The lowest BCUT2D eigenvalue weighted by Crippen LogP contribution is -2.23.